The third-order valence-corrected chi connectivity index (χ3v) is 2.83. The molecular formula is C16H15N. The Balaban J connectivity index is 2.64. The molecular weight excluding hydrogens is 206 g/mol. The van der Waals surface area contributed by atoms with Crippen molar-refractivity contribution in [3.8, 4) is 17.2 Å². The first-order valence-corrected chi connectivity index (χ1v) is 5.69. The number of benzene rings is 2. The first-order valence-electron chi connectivity index (χ1n) is 5.69. The lowest BCUT2D eigenvalue weighted by Gasteiger charge is -2.08. The largest absolute Gasteiger partial charge is 0.192 e. The first kappa shape index (κ1) is 11.4. The van der Waals surface area contributed by atoms with Gasteiger partial charge in [-0.1, -0.05) is 41.5 Å². The molecule has 17 heavy (non-hydrogen) atoms. The molecule has 0 spiro atoms. The Morgan fingerprint density at radius 3 is 2.06 bits per heavy atom. The summed E-state index contributed by atoms with van der Waals surface area (Å²) in [6, 6.07) is 14.7. The van der Waals surface area contributed by atoms with Crippen LogP contribution >= 0.6 is 0 Å². The van der Waals surface area contributed by atoms with Crippen molar-refractivity contribution in [1.29, 1.82) is 5.26 Å². The van der Waals surface area contributed by atoms with Crippen LogP contribution in [-0.4, -0.2) is 0 Å². The highest BCUT2D eigenvalue weighted by Gasteiger charge is 2.05. The van der Waals surface area contributed by atoms with Crippen molar-refractivity contribution >= 4 is 0 Å². The zero-order chi connectivity index (χ0) is 12.4. The monoisotopic (exact) mass is 221 g/mol. The van der Waals surface area contributed by atoms with Gasteiger partial charge in [0.15, 0.2) is 0 Å². The van der Waals surface area contributed by atoms with Crippen LogP contribution in [0.4, 0.5) is 0 Å². The van der Waals surface area contributed by atoms with E-state index in [4.69, 9.17) is 0 Å². The van der Waals surface area contributed by atoms with E-state index in [0.717, 1.165) is 22.3 Å². The molecule has 0 atom stereocenters. The standard InChI is InChI=1S/C16H15N/c1-11-4-5-16(15(7-11)10-17)14-8-12(2)6-13(3)9-14/h4-9H,1-3H3. The molecule has 0 saturated carbocycles. The van der Waals surface area contributed by atoms with E-state index in [9.17, 15) is 5.26 Å². The van der Waals surface area contributed by atoms with Gasteiger partial charge in [-0.25, -0.2) is 0 Å². The van der Waals surface area contributed by atoms with Gasteiger partial charge < -0.3 is 0 Å². The van der Waals surface area contributed by atoms with Crippen molar-refractivity contribution in [2.24, 2.45) is 0 Å². The zero-order valence-electron chi connectivity index (χ0n) is 10.4. The van der Waals surface area contributed by atoms with E-state index in [0.29, 0.717) is 0 Å². The molecule has 0 aliphatic carbocycles. The molecule has 0 aromatic heterocycles. The molecule has 1 nitrogen and oxygen atoms in total. The molecule has 0 aliphatic rings. The van der Waals surface area contributed by atoms with Crippen molar-refractivity contribution in [2.45, 2.75) is 20.8 Å². The highest BCUT2D eigenvalue weighted by Crippen LogP contribution is 2.26. The Labute approximate surface area is 102 Å². The summed E-state index contributed by atoms with van der Waals surface area (Å²) in [7, 11) is 0. The van der Waals surface area contributed by atoms with Crippen LogP contribution in [0.1, 0.15) is 22.3 Å². The van der Waals surface area contributed by atoms with Crippen LogP contribution in [0.15, 0.2) is 36.4 Å². The van der Waals surface area contributed by atoms with Crippen LogP contribution in [0.2, 0.25) is 0 Å². The highest BCUT2D eigenvalue weighted by molar-refractivity contribution is 5.72. The molecule has 0 N–H and O–H groups in total. The average molecular weight is 221 g/mol. The van der Waals surface area contributed by atoms with Crippen molar-refractivity contribution in [3.63, 3.8) is 0 Å². The molecule has 0 fully saturated rings. The van der Waals surface area contributed by atoms with Gasteiger partial charge in [-0.05, 0) is 43.5 Å². The quantitative estimate of drug-likeness (QED) is 0.709. The van der Waals surface area contributed by atoms with Gasteiger partial charge >= 0.3 is 0 Å². The van der Waals surface area contributed by atoms with Gasteiger partial charge in [0.25, 0.3) is 0 Å². The normalized spacial score (nSPS) is 10.0. The fraction of sp³-hybridized carbons (Fsp3) is 0.188. The van der Waals surface area contributed by atoms with Gasteiger partial charge in [0.1, 0.15) is 0 Å². The van der Waals surface area contributed by atoms with Crippen molar-refractivity contribution in [1.82, 2.24) is 0 Å². The minimum atomic E-state index is 0.745. The van der Waals surface area contributed by atoms with Gasteiger partial charge in [0, 0.05) is 0 Å². The first-order chi connectivity index (χ1) is 8.10. The SMILES string of the molecule is Cc1cc(C)cc(-c2ccc(C)cc2C#N)c1. The number of nitrogens with zero attached hydrogens (tertiary/aromatic N) is 1. The van der Waals surface area contributed by atoms with Crippen molar-refractivity contribution < 1.29 is 0 Å². The number of aryl methyl sites for hydroxylation is 3. The van der Waals surface area contributed by atoms with Crippen molar-refractivity contribution in [3.05, 3.63) is 58.7 Å². The number of rotatable bonds is 1. The molecule has 0 heterocycles. The highest BCUT2D eigenvalue weighted by atomic mass is 14.2. The summed E-state index contributed by atoms with van der Waals surface area (Å²) in [6.45, 7) is 6.17. The predicted molar refractivity (Wildman–Crippen MR) is 70.8 cm³/mol. The molecule has 2 aromatic rings. The van der Waals surface area contributed by atoms with Gasteiger partial charge in [-0.15, -0.1) is 0 Å². The number of hydrogen-bond acceptors (Lipinski definition) is 1. The summed E-state index contributed by atoms with van der Waals surface area (Å²) in [5.74, 6) is 0. The molecule has 1 heteroatoms. The Morgan fingerprint density at radius 2 is 1.47 bits per heavy atom. The lowest BCUT2D eigenvalue weighted by atomic mass is 9.96. The zero-order valence-corrected chi connectivity index (χ0v) is 10.4. The van der Waals surface area contributed by atoms with Crippen molar-refractivity contribution in [2.75, 3.05) is 0 Å². The molecule has 0 aliphatic heterocycles. The predicted octanol–water partition coefficient (Wildman–Crippen LogP) is 4.15. The lowest BCUT2D eigenvalue weighted by molar-refractivity contribution is 1.37. The summed E-state index contributed by atoms with van der Waals surface area (Å²) < 4.78 is 0. The van der Waals surface area contributed by atoms with Crippen LogP contribution in [0.25, 0.3) is 11.1 Å². The fourth-order valence-corrected chi connectivity index (χ4v) is 2.13. The van der Waals surface area contributed by atoms with E-state index in [1.165, 1.54) is 11.1 Å². The van der Waals surface area contributed by atoms with Gasteiger partial charge in [0.05, 0.1) is 11.6 Å². The second kappa shape index (κ2) is 4.43. The maximum Gasteiger partial charge on any atom is 0.0998 e. The smallest absolute Gasteiger partial charge is 0.0998 e. The number of nitriles is 1. The van der Waals surface area contributed by atoms with Crippen LogP contribution in [-0.2, 0) is 0 Å². The second-order valence-electron chi connectivity index (χ2n) is 4.54. The van der Waals surface area contributed by atoms with Crippen LogP contribution in [0.5, 0.6) is 0 Å². The molecule has 0 bridgehead atoms. The van der Waals surface area contributed by atoms with Crippen LogP contribution in [0, 0.1) is 32.1 Å². The molecule has 0 unspecified atom stereocenters. The molecule has 2 rings (SSSR count). The van der Waals surface area contributed by atoms with Gasteiger partial charge in [0.2, 0.25) is 0 Å². The van der Waals surface area contributed by atoms with E-state index >= 15 is 0 Å². The third kappa shape index (κ3) is 2.37. The summed E-state index contributed by atoms with van der Waals surface area (Å²) in [4.78, 5) is 0. The van der Waals surface area contributed by atoms with Crippen LogP contribution < -0.4 is 0 Å². The van der Waals surface area contributed by atoms with E-state index in [1.807, 2.05) is 25.1 Å². The minimum Gasteiger partial charge on any atom is -0.192 e. The minimum absolute atomic E-state index is 0.745. The Bertz CT molecular complexity index is 583. The van der Waals surface area contributed by atoms with E-state index < -0.39 is 0 Å². The third-order valence-electron chi connectivity index (χ3n) is 2.83. The van der Waals surface area contributed by atoms with E-state index in [1.54, 1.807) is 0 Å². The Kier molecular flexibility index (Phi) is 2.97. The van der Waals surface area contributed by atoms with E-state index in [-0.39, 0.29) is 0 Å². The Hall–Kier alpha value is -2.07. The summed E-state index contributed by atoms with van der Waals surface area (Å²) in [5.41, 5.74) is 6.46. The molecule has 0 radical (unpaired) electrons. The molecule has 0 saturated heterocycles. The summed E-state index contributed by atoms with van der Waals surface area (Å²) >= 11 is 0. The maximum absolute atomic E-state index is 9.19. The van der Waals surface area contributed by atoms with Crippen LogP contribution in [0.3, 0.4) is 0 Å². The fourth-order valence-electron chi connectivity index (χ4n) is 2.13. The van der Waals surface area contributed by atoms with Gasteiger partial charge in [-0.3, -0.25) is 0 Å². The molecule has 84 valence electrons. The average Bonchev–Trinajstić information content (AvgIpc) is 2.27. The number of hydrogen-bond donors (Lipinski definition) is 0. The van der Waals surface area contributed by atoms with E-state index in [2.05, 4.69) is 38.1 Å². The lowest BCUT2D eigenvalue weighted by Crippen LogP contribution is -1.88. The summed E-state index contributed by atoms with van der Waals surface area (Å²) in [6.07, 6.45) is 0. The topological polar surface area (TPSA) is 23.8 Å². The summed E-state index contributed by atoms with van der Waals surface area (Å²) in [5, 5.41) is 9.19. The molecule has 0 amide bonds. The second-order valence-corrected chi connectivity index (χ2v) is 4.54. The maximum atomic E-state index is 9.19. The van der Waals surface area contributed by atoms with Gasteiger partial charge in [-0.2, -0.15) is 5.26 Å². The Morgan fingerprint density at radius 1 is 0.824 bits per heavy atom. The molecule has 2 aromatic carbocycles.